The molecule has 0 N–H and O–H groups in total. The van der Waals surface area contributed by atoms with Gasteiger partial charge in [0.1, 0.15) is 0 Å². The summed E-state index contributed by atoms with van der Waals surface area (Å²) < 4.78 is 1.11. The zero-order chi connectivity index (χ0) is 8.74. The maximum Gasteiger partial charge on any atom is 0.0780 e. The highest BCUT2D eigenvalue weighted by Crippen LogP contribution is 2.04. The summed E-state index contributed by atoms with van der Waals surface area (Å²) >= 11 is 3.44. The average molecular weight is 229 g/mol. The van der Waals surface area contributed by atoms with Gasteiger partial charge in [0.05, 0.1) is 27.7 Å². The molecule has 0 saturated carbocycles. The van der Waals surface area contributed by atoms with Crippen molar-refractivity contribution in [3.05, 3.63) is 0 Å². The van der Waals surface area contributed by atoms with E-state index in [2.05, 4.69) is 37.1 Å². The Labute approximate surface area is 79.5 Å². The molecule has 0 aliphatic rings. The summed E-state index contributed by atoms with van der Waals surface area (Å²) in [6, 6.07) is 0. The van der Waals surface area contributed by atoms with Crippen molar-refractivity contribution in [1.29, 1.82) is 0 Å². The minimum absolute atomic E-state index is 1.11. The van der Waals surface area contributed by atoms with Gasteiger partial charge in [-0.25, -0.2) is 0 Å². The minimum Gasteiger partial charge on any atom is -0.331 e. The van der Waals surface area contributed by atoms with E-state index in [-0.39, 0.29) is 0 Å². The van der Waals surface area contributed by atoms with Gasteiger partial charge in [-0.05, 0) is 19.3 Å². The molecule has 0 aromatic heterocycles. The van der Waals surface area contributed by atoms with Crippen molar-refractivity contribution in [3.63, 3.8) is 0 Å². The van der Waals surface area contributed by atoms with Gasteiger partial charge in [0.25, 0.3) is 0 Å². The fraction of sp³-hybridized carbons (Fsp3) is 1.00. The van der Waals surface area contributed by atoms with Crippen LogP contribution in [-0.2, 0) is 0 Å². The normalized spacial score (nSPS) is 12.0. The van der Waals surface area contributed by atoms with Gasteiger partial charge in [0, 0.05) is 5.33 Å². The van der Waals surface area contributed by atoms with E-state index in [9.17, 15) is 0 Å². The first-order chi connectivity index (χ1) is 5.06. The van der Waals surface area contributed by atoms with Crippen LogP contribution in [0.1, 0.15) is 25.7 Å². The molecule has 0 atom stereocenters. The summed E-state index contributed by atoms with van der Waals surface area (Å²) in [5.74, 6) is 0. The third kappa shape index (κ3) is 10.4. The number of unbranched alkanes of at least 4 members (excludes halogenated alkanes) is 3. The molecule has 0 spiro atoms. The van der Waals surface area contributed by atoms with Crippen LogP contribution < -0.4 is 0 Å². The second-order valence-electron chi connectivity index (χ2n) is 4.12. The third-order valence-electron chi connectivity index (χ3n) is 1.71. The van der Waals surface area contributed by atoms with E-state index in [0.29, 0.717) is 0 Å². The number of halogens is 1. The first kappa shape index (κ1) is 11.4. The van der Waals surface area contributed by atoms with Crippen molar-refractivity contribution in [2.45, 2.75) is 25.7 Å². The Morgan fingerprint density at radius 2 is 1.45 bits per heavy atom. The molecule has 0 radical (unpaired) electrons. The molecule has 0 amide bonds. The smallest absolute Gasteiger partial charge is 0.0780 e. The molecule has 1 nitrogen and oxygen atoms in total. The second kappa shape index (κ2) is 6.01. The Balaban J connectivity index is 3.02. The van der Waals surface area contributed by atoms with Gasteiger partial charge in [0.2, 0.25) is 0 Å². The standard InChI is InChI=1S/C9H21BrN/c1-11(2,3)9-7-5-4-6-8-10/h4-9H2,1-3H3/q+1/i1+2,2+2,3+2. The largest absolute Gasteiger partial charge is 0.331 e. The summed E-state index contributed by atoms with van der Waals surface area (Å²) in [7, 11) is 6.76. The van der Waals surface area contributed by atoms with Gasteiger partial charge in [-0.3, -0.25) is 0 Å². The second-order valence-corrected chi connectivity index (χ2v) is 4.91. The predicted octanol–water partition coefficient (Wildman–Crippen LogP) is 2.65. The molecule has 0 aliphatic heterocycles. The minimum atomic E-state index is 1.11. The Kier molecular flexibility index (Phi) is 6.25. The molecule has 0 aromatic rings. The van der Waals surface area contributed by atoms with Crippen LogP contribution in [0.3, 0.4) is 0 Å². The highest BCUT2D eigenvalue weighted by atomic mass is 79.9. The zero-order valence-electron chi connectivity index (χ0n) is 8.07. The van der Waals surface area contributed by atoms with Crippen molar-refractivity contribution >= 4 is 15.9 Å². The summed E-state index contributed by atoms with van der Waals surface area (Å²) in [5.41, 5.74) is 0. The molecule has 68 valence electrons. The molecule has 0 fully saturated rings. The SMILES string of the molecule is [14CH3][N+]([14CH3])([14CH3])CCCCCCBr. The Bertz CT molecular complexity index is 86.1. The van der Waals surface area contributed by atoms with Gasteiger partial charge in [-0.15, -0.1) is 0 Å². The third-order valence-corrected chi connectivity index (χ3v) is 2.27. The van der Waals surface area contributed by atoms with Crippen molar-refractivity contribution in [2.75, 3.05) is 33.0 Å². The van der Waals surface area contributed by atoms with Crippen LogP contribution in [0.15, 0.2) is 0 Å². The molecular weight excluding hydrogens is 208 g/mol. The monoisotopic (exact) mass is 228 g/mol. The summed E-state index contributed by atoms with van der Waals surface area (Å²) in [4.78, 5) is 0. The Hall–Kier alpha value is 0.440. The highest BCUT2D eigenvalue weighted by Gasteiger charge is 2.04. The van der Waals surface area contributed by atoms with E-state index in [0.717, 1.165) is 9.81 Å². The van der Waals surface area contributed by atoms with Gasteiger partial charge >= 0.3 is 0 Å². The van der Waals surface area contributed by atoms with Crippen LogP contribution >= 0.6 is 15.9 Å². The lowest BCUT2D eigenvalue weighted by Gasteiger charge is -2.23. The van der Waals surface area contributed by atoms with E-state index in [1.807, 2.05) is 0 Å². The molecule has 0 aliphatic carbocycles. The quantitative estimate of drug-likeness (QED) is 0.373. The molecule has 0 aromatic carbocycles. The summed E-state index contributed by atoms with van der Waals surface area (Å²) in [6.07, 6.45) is 5.47. The average Bonchev–Trinajstić information content (AvgIpc) is 1.85. The molecule has 2 heteroatoms. The Morgan fingerprint density at radius 3 is 1.91 bits per heavy atom. The summed E-state index contributed by atoms with van der Waals surface area (Å²) in [6.45, 7) is 1.31. The predicted molar refractivity (Wildman–Crippen MR) is 55.2 cm³/mol. The lowest BCUT2D eigenvalue weighted by atomic mass is 10.2. The first-order valence-electron chi connectivity index (χ1n) is 4.43. The van der Waals surface area contributed by atoms with Crippen LogP contribution in [-0.4, -0.2) is 37.5 Å². The molecule has 0 unspecified atom stereocenters. The van der Waals surface area contributed by atoms with Gasteiger partial charge < -0.3 is 4.48 Å². The first-order valence-corrected chi connectivity index (χ1v) is 5.55. The van der Waals surface area contributed by atoms with Crippen molar-refractivity contribution in [3.8, 4) is 0 Å². The maximum absolute atomic E-state index is 3.44. The van der Waals surface area contributed by atoms with Crippen molar-refractivity contribution < 1.29 is 4.48 Å². The van der Waals surface area contributed by atoms with Crippen LogP contribution in [0, 0.1) is 0 Å². The molecule has 0 saturated heterocycles. The Morgan fingerprint density at radius 1 is 0.909 bits per heavy atom. The van der Waals surface area contributed by atoms with E-state index in [4.69, 9.17) is 0 Å². The van der Waals surface area contributed by atoms with E-state index in [1.165, 1.54) is 32.2 Å². The van der Waals surface area contributed by atoms with Crippen LogP contribution in [0.4, 0.5) is 0 Å². The lowest BCUT2D eigenvalue weighted by Crippen LogP contribution is -2.35. The molecule has 0 rings (SSSR count). The lowest BCUT2D eigenvalue weighted by molar-refractivity contribution is -0.870. The van der Waals surface area contributed by atoms with Crippen LogP contribution in [0.25, 0.3) is 0 Å². The zero-order valence-corrected chi connectivity index (χ0v) is 9.65. The molecular formula is C9H21BrN+. The van der Waals surface area contributed by atoms with Crippen LogP contribution in [0.2, 0.25) is 0 Å². The maximum atomic E-state index is 3.44. The van der Waals surface area contributed by atoms with Gasteiger partial charge in [0.15, 0.2) is 0 Å². The van der Waals surface area contributed by atoms with Gasteiger partial charge in [-0.2, -0.15) is 0 Å². The van der Waals surface area contributed by atoms with E-state index in [1.54, 1.807) is 0 Å². The summed E-state index contributed by atoms with van der Waals surface area (Å²) in [5, 5.41) is 1.16. The van der Waals surface area contributed by atoms with Crippen molar-refractivity contribution in [2.24, 2.45) is 0 Å². The highest BCUT2D eigenvalue weighted by molar-refractivity contribution is 9.09. The fourth-order valence-electron chi connectivity index (χ4n) is 1.03. The number of nitrogens with zero attached hydrogens (tertiary/aromatic N) is 1. The van der Waals surface area contributed by atoms with Crippen molar-refractivity contribution in [1.82, 2.24) is 0 Å². The van der Waals surface area contributed by atoms with E-state index < -0.39 is 0 Å². The number of alkyl halides is 1. The molecule has 11 heavy (non-hydrogen) atoms. The number of quaternary nitrogens is 1. The topological polar surface area (TPSA) is 0 Å². The molecule has 0 heterocycles. The number of rotatable bonds is 6. The fourth-order valence-corrected chi connectivity index (χ4v) is 1.43. The van der Waals surface area contributed by atoms with Gasteiger partial charge in [-0.1, -0.05) is 22.4 Å². The number of hydrogen-bond acceptors (Lipinski definition) is 0. The number of hydrogen-bond donors (Lipinski definition) is 0. The van der Waals surface area contributed by atoms with Crippen LogP contribution in [0.5, 0.6) is 0 Å². The molecule has 0 bridgehead atoms. The van der Waals surface area contributed by atoms with E-state index >= 15 is 0 Å².